The average molecular weight is 335 g/mol. The number of hydrogen-bond donors (Lipinski definition) is 2. The van der Waals surface area contributed by atoms with Crippen molar-refractivity contribution in [1.82, 2.24) is 15.2 Å². The van der Waals surface area contributed by atoms with E-state index in [1.807, 2.05) is 6.07 Å². The molecule has 1 fully saturated rings. The van der Waals surface area contributed by atoms with Gasteiger partial charge in [-0.25, -0.2) is 9.78 Å². The lowest BCUT2D eigenvalue weighted by Gasteiger charge is -2.20. The zero-order valence-corrected chi connectivity index (χ0v) is 14.2. The van der Waals surface area contributed by atoms with E-state index in [9.17, 15) is 9.59 Å². The lowest BCUT2D eigenvalue weighted by molar-refractivity contribution is -0.141. The lowest BCUT2D eigenvalue weighted by Crippen LogP contribution is -2.40. The van der Waals surface area contributed by atoms with Crippen molar-refractivity contribution < 1.29 is 19.4 Å². The Kier molecular flexibility index (Phi) is 6.40. The molecule has 132 valence electrons. The van der Waals surface area contributed by atoms with Crippen molar-refractivity contribution in [3.8, 4) is 5.88 Å². The van der Waals surface area contributed by atoms with Crippen LogP contribution in [0.25, 0.3) is 0 Å². The topological polar surface area (TPSA) is 91.8 Å². The molecule has 2 N–H and O–H groups in total. The van der Waals surface area contributed by atoms with Gasteiger partial charge in [-0.15, -0.1) is 0 Å². The van der Waals surface area contributed by atoms with Crippen LogP contribution in [0, 0.1) is 5.92 Å². The first-order valence-electron chi connectivity index (χ1n) is 8.29. The second-order valence-corrected chi connectivity index (χ2v) is 6.27. The van der Waals surface area contributed by atoms with Gasteiger partial charge < -0.3 is 20.1 Å². The van der Waals surface area contributed by atoms with Crippen LogP contribution in [0.3, 0.4) is 0 Å². The number of pyridine rings is 1. The summed E-state index contributed by atoms with van der Waals surface area (Å²) >= 11 is 0. The van der Waals surface area contributed by atoms with Crippen molar-refractivity contribution in [3.05, 3.63) is 23.9 Å². The highest BCUT2D eigenvalue weighted by Gasteiger charge is 2.20. The summed E-state index contributed by atoms with van der Waals surface area (Å²) in [6.45, 7) is 2.01. The Morgan fingerprint density at radius 3 is 2.83 bits per heavy atom. The molecular formula is C17H25N3O4. The summed E-state index contributed by atoms with van der Waals surface area (Å²) in [6, 6.07) is 3.36. The lowest BCUT2D eigenvalue weighted by atomic mass is 10.2. The third kappa shape index (κ3) is 5.11. The van der Waals surface area contributed by atoms with Gasteiger partial charge in [0.2, 0.25) is 5.88 Å². The summed E-state index contributed by atoms with van der Waals surface area (Å²) in [5.41, 5.74) is 0.817. The summed E-state index contributed by atoms with van der Waals surface area (Å²) in [6.07, 6.45) is 6.31. The number of nitrogens with one attached hydrogen (secondary N) is 1. The number of aromatic nitrogens is 1. The Balaban J connectivity index is 1.89. The van der Waals surface area contributed by atoms with E-state index in [1.165, 1.54) is 17.7 Å². The second kappa shape index (κ2) is 8.52. The third-order valence-corrected chi connectivity index (χ3v) is 4.18. The fourth-order valence-corrected chi connectivity index (χ4v) is 2.71. The molecule has 1 aliphatic rings. The van der Waals surface area contributed by atoms with E-state index in [2.05, 4.69) is 10.3 Å². The highest BCUT2D eigenvalue weighted by Crippen LogP contribution is 2.24. The molecule has 0 bridgehead atoms. The van der Waals surface area contributed by atoms with Gasteiger partial charge >= 0.3 is 12.0 Å². The molecule has 1 heterocycles. The molecule has 1 unspecified atom stereocenters. The number of amides is 2. The fraction of sp³-hybridized carbons (Fsp3) is 0.588. The second-order valence-electron chi connectivity index (χ2n) is 6.27. The summed E-state index contributed by atoms with van der Waals surface area (Å²) in [5.74, 6) is -0.971. The fourth-order valence-electron chi connectivity index (χ4n) is 2.71. The highest BCUT2D eigenvalue weighted by molar-refractivity contribution is 5.75. The molecule has 0 aromatic carbocycles. The minimum atomic E-state index is -0.922. The zero-order chi connectivity index (χ0) is 17.5. The number of carbonyl (C=O) groups excluding carboxylic acids is 1. The zero-order valence-electron chi connectivity index (χ0n) is 14.2. The summed E-state index contributed by atoms with van der Waals surface area (Å²) < 4.78 is 5.94. The first-order chi connectivity index (χ1) is 11.5. The monoisotopic (exact) mass is 335 g/mol. The summed E-state index contributed by atoms with van der Waals surface area (Å²) in [4.78, 5) is 28.6. The predicted molar refractivity (Wildman–Crippen MR) is 88.8 cm³/mol. The molecular weight excluding hydrogens is 310 g/mol. The van der Waals surface area contributed by atoms with E-state index < -0.39 is 11.9 Å². The quantitative estimate of drug-likeness (QED) is 0.797. The van der Waals surface area contributed by atoms with Gasteiger partial charge in [0.05, 0.1) is 5.92 Å². The van der Waals surface area contributed by atoms with Crippen molar-refractivity contribution in [2.45, 2.75) is 45.3 Å². The molecule has 1 aromatic rings. The van der Waals surface area contributed by atoms with Gasteiger partial charge in [-0.2, -0.15) is 0 Å². The van der Waals surface area contributed by atoms with Crippen LogP contribution < -0.4 is 10.1 Å². The number of nitrogens with zero attached hydrogens (tertiary/aromatic N) is 2. The molecule has 1 saturated carbocycles. The number of carboxylic acid groups (broad SMARTS) is 1. The van der Waals surface area contributed by atoms with Gasteiger partial charge in [-0.05, 0) is 31.7 Å². The number of ether oxygens (including phenoxy) is 1. The molecule has 7 heteroatoms. The number of rotatable bonds is 7. The number of carboxylic acids is 1. The normalized spacial score (nSPS) is 15.8. The molecule has 0 spiro atoms. The maximum Gasteiger partial charge on any atom is 0.317 e. The Bertz CT molecular complexity index is 573. The standard InChI is InChI=1S/C17H25N3O4/c1-12(16(21)22)11-20(2)17(23)19-10-13-6-5-9-18-15(13)24-14-7-3-4-8-14/h5-6,9,12,14H,3-4,7-8,10-11H2,1-2H3,(H,19,23)(H,21,22). The van der Waals surface area contributed by atoms with E-state index >= 15 is 0 Å². The van der Waals surface area contributed by atoms with Crippen LogP contribution in [0.15, 0.2) is 18.3 Å². The van der Waals surface area contributed by atoms with Crippen LogP contribution in [0.2, 0.25) is 0 Å². The summed E-state index contributed by atoms with van der Waals surface area (Å²) in [5, 5.41) is 11.7. The number of aliphatic carboxylic acids is 1. The predicted octanol–water partition coefficient (Wildman–Crippen LogP) is 2.27. The van der Waals surface area contributed by atoms with E-state index in [0.29, 0.717) is 12.4 Å². The van der Waals surface area contributed by atoms with Crippen molar-refractivity contribution in [2.75, 3.05) is 13.6 Å². The molecule has 24 heavy (non-hydrogen) atoms. The number of carbonyl (C=O) groups is 2. The van der Waals surface area contributed by atoms with Crippen molar-refractivity contribution in [1.29, 1.82) is 0 Å². The van der Waals surface area contributed by atoms with E-state index in [-0.39, 0.29) is 18.7 Å². The van der Waals surface area contributed by atoms with Crippen LogP contribution >= 0.6 is 0 Å². The maximum atomic E-state index is 12.1. The van der Waals surface area contributed by atoms with Crippen LogP contribution in [0.4, 0.5) is 4.79 Å². The first-order valence-corrected chi connectivity index (χ1v) is 8.29. The molecule has 1 aliphatic carbocycles. The van der Waals surface area contributed by atoms with Crippen molar-refractivity contribution in [3.63, 3.8) is 0 Å². The van der Waals surface area contributed by atoms with Gasteiger partial charge in [0.15, 0.2) is 0 Å². The van der Waals surface area contributed by atoms with Crippen LogP contribution in [-0.2, 0) is 11.3 Å². The van der Waals surface area contributed by atoms with Crippen LogP contribution in [0.1, 0.15) is 38.2 Å². The Morgan fingerprint density at radius 1 is 1.46 bits per heavy atom. The van der Waals surface area contributed by atoms with Gasteiger partial charge in [0, 0.05) is 31.9 Å². The van der Waals surface area contributed by atoms with Gasteiger partial charge in [-0.3, -0.25) is 4.79 Å². The smallest absolute Gasteiger partial charge is 0.317 e. The molecule has 0 saturated heterocycles. The Labute approximate surface area is 142 Å². The van der Waals surface area contributed by atoms with Crippen molar-refractivity contribution in [2.24, 2.45) is 5.92 Å². The molecule has 0 radical (unpaired) electrons. The SMILES string of the molecule is CC(CN(C)C(=O)NCc1cccnc1OC1CCCC1)C(=O)O. The average Bonchev–Trinajstić information content (AvgIpc) is 3.06. The molecule has 2 amide bonds. The van der Waals surface area contributed by atoms with Gasteiger partial charge in [-0.1, -0.05) is 13.0 Å². The molecule has 2 rings (SSSR count). The Hall–Kier alpha value is -2.31. The first kappa shape index (κ1) is 18.0. The number of urea groups is 1. The molecule has 7 nitrogen and oxygen atoms in total. The van der Waals surface area contributed by atoms with Gasteiger partial charge in [0.1, 0.15) is 6.10 Å². The minimum absolute atomic E-state index is 0.152. The van der Waals surface area contributed by atoms with Gasteiger partial charge in [0.25, 0.3) is 0 Å². The van der Waals surface area contributed by atoms with Crippen molar-refractivity contribution >= 4 is 12.0 Å². The van der Waals surface area contributed by atoms with Crippen LogP contribution in [0.5, 0.6) is 5.88 Å². The maximum absolute atomic E-state index is 12.1. The molecule has 0 aliphatic heterocycles. The summed E-state index contributed by atoms with van der Waals surface area (Å²) in [7, 11) is 1.58. The third-order valence-electron chi connectivity index (χ3n) is 4.18. The van der Waals surface area contributed by atoms with E-state index in [0.717, 1.165) is 18.4 Å². The van der Waals surface area contributed by atoms with Crippen LogP contribution in [-0.4, -0.2) is 46.7 Å². The molecule has 1 aromatic heterocycles. The van der Waals surface area contributed by atoms with E-state index in [1.54, 1.807) is 26.2 Å². The number of hydrogen-bond acceptors (Lipinski definition) is 4. The highest BCUT2D eigenvalue weighted by atomic mass is 16.5. The Morgan fingerprint density at radius 2 is 2.17 bits per heavy atom. The molecule has 1 atom stereocenters. The van der Waals surface area contributed by atoms with E-state index in [4.69, 9.17) is 9.84 Å². The minimum Gasteiger partial charge on any atom is -0.481 e. The largest absolute Gasteiger partial charge is 0.481 e.